The number of nitrogens with zero attached hydrogens (tertiary/aromatic N) is 4. The molecule has 0 radical (unpaired) electrons. The maximum Gasteiger partial charge on any atom is 0.312 e. The average molecular weight is 350 g/mol. The van der Waals surface area contributed by atoms with Gasteiger partial charge in [0, 0.05) is 36.8 Å². The highest BCUT2D eigenvalue weighted by Gasteiger charge is 2.21. The van der Waals surface area contributed by atoms with E-state index in [0.29, 0.717) is 0 Å². The van der Waals surface area contributed by atoms with Crippen LogP contribution in [0.4, 0.5) is 10.6 Å². The van der Waals surface area contributed by atoms with Gasteiger partial charge in [0.2, 0.25) is 0 Å². The minimum absolute atomic E-state index is 0.126. The summed E-state index contributed by atoms with van der Waals surface area (Å²) in [4.78, 5) is 18.2. The van der Waals surface area contributed by atoms with Gasteiger partial charge in [-0.15, -0.1) is 0 Å². The molecule has 0 aliphatic carbocycles. The van der Waals surface area contributed by atoms with Crippen molar-refractivity contribution >= 4 is 17.5 Å². The molecule has 0 spiro atoms. The number of primary amides is 1. The minimum atomic E-state index is -0.451. The highest BCUT2D eigenvalue weighted by molar-refractivity contribution is 5.72. The Bertz CT molecular complexity index is 907. The number of anilines is 1. The number of rotatable bonds is 3. The van der Waals surface area contributed by atoms with E-state index >= 15 is 0 Å². The van der Waals surface area contributed by atoms with Crippen LogP contribution in [0.1, 0.15) is 19.3 Å². The van der Waals surface area contributed by atoms with Crippen molar-refractivity contribution in [2.45, 2.75) is 25.3 Å². The van der Waals surface area contributed by atoms with Crippen molar-refractivity contribution in [3.63, 3.8) is 0 Å². The quantitative estimate of drug-likeness (QED) is 0.759. The van der Waals surface area contributed by atoms with Crippen molar-refractivity contribution < 1.29 is 4.79 Å². The van der Waals surface area contributed by atoms with E-state index in [-0.39, 0.29) is 6.04 Å². The second-order valence-corrected chi connectivity index (χ2v) is 6.59. The molecular formula is C19H22N6O. The molecule has 0 bridgehead atoms. The van der Waals surface area contributed by atoms with Gasteiger partial charge in [0.15, 0.2) is 5.65 Å². The van der Waals surface area contributed by atoms with E-state index in [1.165, 1.54) is 0 Å². The van der Waals surface area contributed by atoms with Crippen LogP contribution in [0.3, 0.4) is 0 Å². The lowest BCUT2D eigenvalue weighted by molar-refractivity contribution is 0.244. The largest absolute Gasteiger partial charge is 0.356 e. The van der Waals surface area contributed by atoms with Gasteiger partial charge < -0.3 is 16.0 Å². The number of hydrogen-bond donors (Lipinski definition) is 2. The number of nitrogens with two attached hydrogens (primary N) is 1. The van der Waals surface area contributed by atoms with Crippen molar-refractivity contribution in [2.75, 3.05) is 18.0 Å². The number of aromatic nitrogens is 3. The zero-order valence-electron chi connectivity index (χ0n) is 14.5. The van der Waals surface area contributed by atoms with Crippen molar-refractivity contribution in [2.24, 2.45) is 5.73 Å². The van der Waals surface area contributed by atoms with Gasteiger partial charge >= 0.3 is 6.03 Å². The third kappa shape index (κ3) is 3.33. The van der Waals surface area contributed by atoms with Gasteiger partial charge in [0.25, 0.3) is 0 Å². The van der Waals surface area contributed by atoms with Crippen LogP contribution in [0.5, 0.6) is 0 Å². The zero-order valence-corrected chi connectivity index (χ0v) is 14.5. The zero-order chi connectivity index (χ0) is 17.9. The molecule has 1 atom stereocenters. The van der Waals surface area contributed by atoms with E-state index in [2.05, 4.69) is 33.5 Å². The first-order valence-electron chi connectivity index (χ1n) is 8.92. The lowest BCUT2D eigenvalue weighted by Crippen LogP contribution is -2.39. The van der Waals surface area contributed by atoms with Crippen molar-refractivity contribution in [3.8, 4) is 11.3 Å². The van der Waals surface area contributed by atoms with Crippen LogP contribution in [0.2, 0.25) is 0 Å². The number of hydrogen-bond acceptors (Lipinski definition) is 4. The molecule has 2 amide bonds. The first-order valence-corrected chi connectivity index (χ1v) is 8.92. The Morgan fingerprint density at radius 3 is 2.81 bits per heavy atom. The molecule has 134 valence electrons. The Balaban J connectivity index is 1.67. The fraction of sp³-hybridized carbons (Fsp3) is 0.316. The maximum absolute atomic E-state index is 11.1. The smallest absolute Gasteiger partial charge is 0.312 e. The maximum atomic E-state index is 11.1. The summed E-state index contributed by atoms with van der Waals surface area (Å²) in [7, 11) is 0. The molecule has 4 rings (SSSR count). The summed E-state index contributed by atoms with van der Waals surface area (Å²) < 4.78 is 1.88. The van der Waals surface area contributed by atoms with Crippen LogP contribution in [0.15, 0.2) is 48.7 Å². The van der Waals surface area contributed by atoms with Gasteiger partial charge in [-0.25, -0.2) is 9.78 Å². The van der Waals surface area contributed by atoms with E-state index in [9.17, 15) is 4.79 Å². The Labute approximate surface area is 151 Å². The van der Waals surface area contributed by atoms with Crippen LogP contribution in [-0.2, 0) is 0 Å². The summed E-state index contributed by atoms with van der Waals surface area (Å²) in [6.45, 7) is 1.74. The van der Waals surface area contributed by atoms with E-state index in [1.807, 2.05) is 28.8 Å². The van der Waals surface area contributed by atoms with Gasteiger partial charge in [-0.2, -0.15) is 9.61 Å². The van der Waals surface area contributed by atoms with E-state index < -0.39 is 6.03 Å². The van der Waals surface area contributed by atoms with Crippen LogP contribution in [-0.4, -0.2) is 39.8 Å². The van der Waals surface area contributed by atoms with Crippen LogP contribution < -0.4 is 16.0 Å². The molecule has 1 aliphatic rings. The standard InChI is InChI=1S/C19H22N6O/c20-19(26)22-15-7-4-11-24(12-9-15)18-13-16(14-5-2-1-3-6-14)23-17-8-10-21-25(17)18/h1-3,5-6,8,10,13,15H,4,7,9,11-12H2,(H3,20,22,26). The molecule has 1 aliphatic heterocycles. The van der Waals surface area contributed by atoms with E-state index in [4.69, 9.17) is 10.7 Å². The summed E-state index contributed by atoms with van der Waals surface area (Å²) in [5, 5.41) is 7.29. The van der Waals surface area contributed by atoms with Crippen LogP contribution in [0.25, 0.3) is 16.9 Å². The lowest BCUT2D eigenvalue weighted by Gasteiger charge is -2.24. The number of urea groups is 1. The minimum Gasteiger partial charge on any atom is -0.356 e. The summed E-state index contributed by atoms with van der Waals surface area (Å²) in [5.41, 5.74) is 8.13. The molecule has 7 nitrogen and oxygen atoms in total. The van der Waals surface area contributed by atoms with Crippen molar-refractivity contribution in [1.29, 1.82) is 0 Å². The molecule has 1 fully saturated rings. The average Bonchev–Trinajstić information content (AvgIpc) is 3.01. The third-order valence-electron chi connectivity index (χ3n) is 4.81. The molecule has 2 aromatic heterocycles. The molecule has 1 aromatic carbocycles. The first-order chi connectivity index (χ1) is 12.7. The Morgan fingerprint density at radius 1 is 1.15 bits per heavy atom. The molecule has 7 heteroatoms. The number of fused-ring (bicyclic) bond motifs is 1. The number of amides is 2. The molecule has 3 N–H and O–H groups in total. The molecule has 3 aromatic rings. The lowest BCUT2D eigenvalue weighted by atomic mass is 10.1. The Morgan fingerprint density at radius 2 is 2.00 bits per heavy atom. The topological polar surface area (TPSA) is 88.5 Å². The summed E-state index contributed by atoms with van der Waals surface area (Å²) in [5.74, 6) is 1.03. The highest BCUT2D eigenvalue weighted by atomic mass is 16.2. The summed E-state index contributed by atoms with van der Waals surface area (Å²) in [6.07, 6.45) is 4.54. The molecule has 0 saturated carbocycles. The normalized spacial score (nSPS) is 17.8. The predicted molar refractivity (Wildman–Crippen MR) is 101 cm³/mol. The number of carbonyl (C=O) groups excluding carboxylic acids is 1. The fourth-order valence-electron chi connectivity index (χ4n) is 3.55. The second-order valence-electron chi connectivity index (χ2n) is 6.59. The number of benzene rings is 1. The SMILES string of the molecule is NC(=O)NC1CCCN(c2cc(-c3ccccc3)nc3ccnn23)CC1. The second kappa shape index (κ2) is 7.03. The van der Waals surface area contributed by atoms with Gasteiger partial charge in [-0.05, 0) is 19.3 Å². The molecule has 1 saturated heterocycles. The van der Waals surface area contributed by atoms with Crippen LogP contribution in [0, 0.1) is 0 Å². The van der Waals surface area contributed by atoms with Crippen molar-refractivity contribution in [3.05, 3.63) is 48.7 Å². The van der Waals surface area contributed by atoms with E-state index in [0.717, 1.165) is 55.1 Å². The van der Waals surface area contributed by atoms with Gasteiger partial charge in [-0.1, -0.05) is 30.3 Å². The van der Waals surface area contributed by atoms with Crippen molar-refractivity contribution in [1.82, 2.24) is 19.9 Å². The van der Waals surface area contributed by atoms with Gasteiger partial charge in [-0.3, -0.25) is 0 Å². The summed E-state index contributed by atoms with van der Waals surface area (Å²) in [6, 6.07) is 13.9. The van der Waals surface area contributed by atoms with E-state index in [1.54, 1.807) is 6.20 Å². The van der Waals surface area contributed by atoms with Gasteiger partial charge in [0.1, 0.15) is 5.82 Å². The van der Waals surface area contributed by atoms with Crippen LogP contribution >= 0.6 is 0 Å². The predicted octanol–water partition coefficient (Wildman–Crippen LogP) is 2.42. The molecule has 26 heavy (non-hydrogen) atoms. The third-order valence-corrected chi connectivity index (χ3v) is 4.81. The summed E-state index contributed by atoms with van der Waals surface area (Å²) >= 11 is 0. The monoisotopic (exact) mass is 350 g/mol. The van der Waals surface area contributed by atoms with Gasteiger partial charge in [0.05, 0.1) is 11.9 Å². The fourth-order valence-corrected chi connectivity index (χ4v) is 3.55. The Hall–Kier alpha value is -3.09. The first kappa shape index (κ1) is 16.4. The Kier molecular flexibility index (Phi) is 4.43. The molecule has 3 heterocycles. The molecular weight excluding hydrogens is 328 g/mol. The number of nitrogens with one attached hydrogen (secondary N) is 1. The highest BCUT2D eigenvalue weighted by Crippen LogP contribution is 2.26. The molecule has 1 unspecified atom stereocenters. The number of carbonyl (C=O) groups is 1.